The Hall–Kier alpha value is -1.76. The second-order valence-corrected chi connectivity index (χ2v) is 7.53. The number of hydrogen-bond donors (Lipinski definition) is 0. The SMILES string of the molecule is [Cl-].c1ccc(Cn2nnnc2C(c2cccs2)N2CCCCCC2)cc1. The zero-order valence-electron chi connectivity index (χ0n) is 14.7. The minimum Gasteiger partial charge on any atom is -1.00 e. The highest BCUT2D eigenvalue weighted by atomic mass is 35.5. The summed E-state index contributed by atoms with van der Waals surface area (Å²) in [7, 11) is 0. The van der Waals surface area contributed by atoms with Crippen LogP contribution in [0.2, 0.25) is 0 Å². The minimum absolute atomic E-state index is 0. The van der Waals surface area contributed by atoms with Gasteiger partial charge in [-0.1, -0.05) is 49.2 Å². The van der Waals surface area contributed by atoms with Gasteiger partial charge in [-0.2, -0.15) is 0 Å². The van der Waals surface area contributed by atoms with Gasteiger partial charge in [0.25, 0.3) is 0 Å². The lowest BCUT2D eigenvalue weighted by Crippen LogP contribution is -3.00. The van der Waals surface area contributed by atoms with E-state index in [1.54, 1.807) is 11.3 Å². The monoisotopic (exact) mass is 388 g/mol. The van der Waals surface area contributed by atoms with Crippen LogP contribution in [-0.4, -0.2) is 38.2 Å². The molecule has 1 fully saturated rings. The van der Waals surface area contributed by atoms with Crippen LogP contribution < -0.4 is 12.4 Å². The maximum atomic E-state index is 4.44. The van der Waals surface area contributed by atoms with E-state index in [9.17, 15) is 0 Å². The highest BCUT2D eigenvalue weighted by molar-refractivity contribution is 7.10. The number of halogens is 1. The third kappa shape index (κ3) is 4.31. The Labute approximate surface area is 164 Å². The van der Waals surface area contributed by atoms with Crippen LogP contribution in [0.4, 0.5) is 0 Å². The topological polar surface area (TPSA) is 46.8 Å². The molecule has 1 aliphatic heterocycles. The van der Waals surface area contributed by atoms with Crippen molar-refractivity contribution in [3.05, 3.63) is 64.1 Å². The molecule has 1 saturated heterocycles. The van der Waals surface area contributed by atoms with E-state index in [1.807, 2.05) is 10.7 Å². The molecule has 4 rings (SSSR count). The first-order valence-corrected chi connectivity index (χ1v) is 9.87. The first kappa shape index (κ1) is 19.0. The molecule has 7 heteroatoms. The Kier molecular flexibility index (Phi) is 6.77. The minimum atomic E-state index is 0. The van der Waals surface area contributed by atoms with E-state index >= 15 is 0 Å². The molecular formula is C19H23ClN5S-. The van der Waals surface area contributed by atoms with Crippen molar-refractivity contribution >= 4 is 11.3 Å². The highest BCUT2D eigenvalue weighted by Gasteiger charge is 2.29. The van der Waals surface area contributed by atoms with Gasteiger partial charge in [0.15, 0.2) is 5.82 Å². The zero-order valence-corrected chi connectivity index (χ0v) is 16.2. The van der Waals surface area contributed by atoms with E-state index in [1.165, 1.54) is 36.1 Å². The van der Waals surface area contributed by atoms with E-state index in [4.69, 9.17) is 0 Å². The van der Waals surface area contributed by atoms with E-state index in [-0.39, 0.29) is 18.4 Å². The van der Waals surface area contributed by atoms with Gasteiger partial charge in [0.2, 0.25) is 0 Å². The van der Waals surface area contributed by atoms with Gasteiger partial charge >= 0.3 is 0 Å². The van der Waals surface area contributed by atoms with Gasteiger partial charge in [0.1, 0.15) is 6.04 Å². The summed E-state index contributed by atoms with van der Waals surface area (Å²) in [5.74, 6) is 0.952. The Morgan fingerprint density at radius 3 is 2.42 bits per heavy atom. The number of likely N-dealkylation sites (tertiary alicyclic amines) is 1. The summed E-state index contributed by atoms with van der Waals surface area (Å²) in [6.07, 6.45) is 5.15. The molecule has 0 N–H and O–H groups in total. The maximum Gasteiger partial charge on any atom is 0.174 e. The summed E-state index contributed by atoms with van der Waals surface area (Å²) in [6.45, 7) is 2.93. The number of hydrogen-bond acceptors (Lipinski definition) is 5. The first-order chi connectivity index (χ1) is 12.4. The van der Waals surface area contributed by atoms with Crippen molar-refractivity contribution in [3.63, 3.8) is 0 Å². The molecule has 0 aliphatic carbocycles. The molecule has 3 heterocycles. The number of thiophene rings is 1. The molecule has 2 aromatic heterocycles. The number of benzene rings is 1. The third-order valence-electron chi connectivity index (χ3n) is 4.80. The summed E-state index contributed by atoms with van der Waals surface area (Å²) in [4.78, 5) is 3.89. The molecule has 5 nitrogen and oxygen atoms in total. The average molecular weight is 389 g/mol. The molecular weight excluding hydrogens is 366 g/mol. The summed E-state index contributed by atoms with van der Waals surface area (Å²) in [5, 5.41) is 14.9. The van der Waals surface area contributed by atoms with Crippen molar-refractivity contribution in [2.24, 2.45) is 0 Å². The molecule has 1 unspecified atom stereocenters. The zero-order chi connectivity index (χ0) is 16.9. The van der Waals surface area contributed by atoms with Gasteiger partial charge < -0.3 is 12.4 Å². The number of rotatable bonds is 5. The van der Waals surface area contributed by atoms with Crippen LogP contribution in [-0.2, 0) is 6.54 Å². The fraction of sp³-hybridized carbons (Fsp3) is 0.421. The molecule has 0 radical (unpaired) electrons. The molecule has 1 atom stereocenters. The quantitative estimate of drug-likeness (QED) is 0.647. The van der Waals surface area contributed by atoms with Crippen molar-refractivity contribution in [2.45, 2.75) is 38.3 Å². The number of nitrogens with zero attached hydrogens (tertiary/aromatic N) is 5. The fourth-order valence-corrected chi connectivity index (χ4v) is 4.40. The van der Waals surface area contributed by atoms with Crippen LogP contribution in [0.25, 0.3) is 0 Å². The molecule has 1 aromatic carbocycles. The lowest BCUT2D eigenvalue weighted by Gasteiger charge is -2.29. The Bertz CT molecular complexity index is 766. The van der Waals surface area contributed by atoms with Crippen LogP contribution in [0.5, 0.6) is 0 Å². The van der Waals surface area contributed by atoms with Crippen molar-refractivity contribution in [1.29, 1.82) is 0 Å². The molecule has 0 amide bonds. The van der Waals surface area contributed by atoms with Crippen LogP contribution in [0.1, 0.15) is 48.0 Å². The van der Waals surface area contributed by atoms with E-state index in [2.05, 4.69) is 62.2 Å². The lowest BCUT2D eigenvalue weighted by molar-refractivity contribution is -0.00000516. The van der Waals surface area contributed by atoms with Crippen LogP contribution in [0, 0.1) is 0 Å². The molecule has 138 valence electrons. The van der Waals surface area contributed by atoms with Gasteiger partial charge in [0, 0.05) is 4.88 Å². The predicted octanol–water partition coefficient (Wildman–Crippen LogP) is 0.752. The Morgan fingerprint density at radius 1 is 0.962 bits per heavy atom. The van der Waals surface area contributed by atoms with E-state index < -0.39 is 0 Å². The van der Waals surface area contributed by atoms with Crippen LogP contribution >= 0.6 is 11.3 Å². The molecule has 0 spiro atoms. The second-order valence-electron chi connectivity index (χ2n) is 6.55. The maximum absolute atomic E-state index is 4.44. The standard InChI is InChI=1S/C19H23N5S.ClH/c1-2-7-13-23(12-6-1)18(17-11-8-14-25-17)19-20-21-22-24(19)15-16-9-4-3-5-10-16;/h3-5,8-11,14,18H,1-2,6-7,12-13,15H2;1H/p-1. The average Bonchev–Trinajstić information content (AvgIpc) is 3.25. The normalized spacial score (nSPS) is 16.6. The molecule has 0 saturated carbocycles. The highest BCUT2D eigenvalue weighted by Crippen LogP contribution is 2.32. The van der Waals surface area contributed by atoms with Gasteiger partial charge in [-0.25, -0.2) is 4.68 Å². The van der Waals surface area contributed by atoms with E-state index in [0.717, 1.165) is 18.9 Å². The van der Waals surface area contributed by atoms with Crippen LogP contribution in [0.3, 0.4) is 0 Å². The second kappa shape index (κ2) is 9.26. The van der Waals surface area contributed by atoms with Crippen molar-refractivity contribution in [2.75, 3.05) is 13.1 Å². The van der Waals surface area contributed by atoms with Gasteiger partial charge in [-0.15, -0.1) is 16.4 Å². The van der Waals surface area contributed by atoms with Gasteiger partial charge in [-0.3, -0.25) is 4.90 Å². The molecule has 3 aromatic rings. The molecule has 26 heavy (non-hydrogen) atoms. The first-order valence-electron chi connectivity index (χ1n) is 8.99. The predicted molar refractivity (Wildman–Crippen MR) is 99.6 cm³/mol. The third-order valence-corrected chi connectivity index (χ3v) is 5.72. The van der Waals surface area contributed by atoms with Crippen molar-refractivity contribution < 1.29 is 12.4 Å². The molecule has 1 aliphatic rings. The van der Waals surface area contributed by atoms with Gasteiger partial charge in [0.05, 0.1) is 6.54 Å². The number of aromatic nitrogens is 4. The fourth-order valence-electron chi connectivity index (χ4n) is 3.55. The van der Waals surface area contributed by atoms with E-state index in [0.29, 0.717) is 6.54 Å². The summed E-state index contributed by atoms with van der Waals surface area (Å²) in [5.41, 5.74) is 1.22. The Morgan fingerprint density at radius 2 is 1.73 bits per heavy atom. The summed E-state index contributed by atoms with van der Waals surface area (Å²) >= 11 is 1.79. The van der Waals surface area contributed by atoms with Crippen molar-refractivity contribution in [3.8, 4) is 0 Å². The van der Waals surface area contributed by atoms with Gasteiger partial charge in [-0.05, 0) is 53.4 Å². The van der Waals surface area contributed by atoms with Crippen molar-refractivity contribution in [1.82, 2.24) is 25.1 Å². The van der Waals surface area contributed by atoms with Crippen LogP contribution in [0.15, 0.2) is 47.8 Å². The number of tetrazole rings is 1. The largest absolute Gasteiger partial charge is 1.00 e. The lowest BCUT2D eigenvalue weighted by atomic mass is 10.1. The summed E-state index contributed by atoms with van der Waals surface area (Å²) < 4.78 is 1.96. The Balaban J connectivity index is 0.00000196. The smallest absolute Gasteiger partial charge is 0.174 e. The molecule has 0 bridgehead atoms. The summed E-state index contributed by atoms with van der Waals surface area (Å²) in [6, 6.07) is 14.9.